The van der Waals surface area contributed by atoms with Crippen LogP contribution in [-0.4, -0.2) is 36.8 Å². The van der Waals surface area contributed by atoms with Crippen LogP contribution in [0.3, 0.4) is 0 Å². The Labute approximate surface area is 171 Å². The van der Waals surface area contributed by atoms with Crippen molar-refractivity contribution < 1.29 is 9.63 Å². The number of oxime groups is 1. The van der Waals surface area contributed by atoms with Crippen molar-refractivity contribution in [3.05, 3.63) is 48.1 Å². The fraction of sp³-hybridized carbons (Fsp3) is 0.381. The number of nitrogens with zero attached hydrogens (tertiary/aromatic N) is 2. The van der Waals surface area contributed by atoms with Gasteiger partial charge in [0, 0.05) is 35.4 Å². The van der Waals surface area contributed by atoms with Crippen molar-refractivity contribution in [2.75, 3.05) is 25.0 Å². The quantitative estimate of drug-likeness (QED) is 0.223. The molecule has 0 unspecified atom stereocenters. The summed E-state index contributed by atoms with van der Waals surface area (Å²) in [5.74, 6) is -0.237. The van der Waals surface area contributed by atoms with Crippen LogP contribution in [0, 0.1) is 0 Å². The van der Waals surface area contributed by atoms with Crippen LogP contribution in [0.1, 0.15) is 32.1 Å². The average Bonchev–Trinajstić information content (AvgIpc) is 2.69. The molecule has 0 atom stereocenters. The van der Waals surface area contributed by atoms with Gasteiger partial charge in [0.15, 0.2) is 0 Å². The van der Waals surface area contributed by atoms with Crippen LogP contribution in [0.15, 0.2) is 48.3 Å². The van der Waals surface area contributed by atoms with E-state index < -0.39 is 0 Å². The molecule has 2 rings (SSSR count). The van der Waals surface area contributed by atoms with E-state index in [2.05, 4.69) is 27.4 Å². The molecule has 0 aliphatic heterocycles. The summed E-state index contributed by atoms with van der Waals surface area (Å²) in [4.78, 5) is 20.6. The molecule has 7 heteroatoms. The molecule has 2 aromatic rings. The number of rotatable bonds is 13. The molecule has 1 aromatic carbocycles. The Morgan fingerprint density at radius 2 is 1.96 bits per heavy atom. The molecule has 1 amide bonds. The molecule has 150 valence electrons. The molecule has 0 aliphatic rings. The van der Waals surface area contributed by atoms with Gasteiger partial charge in [0.2, 0.25) is 0 Å². The predicted molar refractivity (Wildman–Crippen MR) is 116 cm³/mol. The van der Waals surface area contributed by atoms with Gasteiger partial charge in [-0.1, -0.05) is 48.7 Å². The number of aromatic nitrogens is 1. The number of fused-ring (bicyclic) bond motifs is 1. The Kier molecular flexibility index (Phi) is 9.86. The van der Waals surface area contributed by atoms with Gasteiger partial charge in [0.1, 0.15) is 12.8 Å². The molecule has 0 saturated heterocycles. The SMILES string of the molecule is C=CCO/N=C/C(=O)NCCCCCCCNc1ccnc2cc(Cl)ccc12. The molecule has 0 aliphatic carbocycles. The van der Waals surface area contributed by atoms with Gasteiger partial charge in [-0.3, -0.25) is 9.78 Å². The summed E-state index contributed by atoms with van der Waals surface area (Å²) in [5.41, 5.74) is 1.99. The summed E-state index contributed by atoms with van der Waals surface area (Å²) in [7, 11) is 0. The number of carbonyl (C=O) groups excluding carboxylic acids is 1. The number of unbranched alkanes of at least 4 members (excludes halogenated alkanes) is 4. The summed E-state index contributed by atoms with van der Waals surface area (Å²) < 4.78 is 0. The number of hydrogen-bond donors (Lipinski definition) is 2. The highest BCUT2D eigenvalue weighted by Crippen LogP contribution is 2.24. The van der Waals surface area contributed by atoms with Crippen molar-refractivity contribution in [1.82, 2.24) is 10.3 Å². The van der Waals surface area contributed by atoms with Crippen molar-refractivity contribution in [2.45, 2.75) is 32.1 Å². The second-order valence-electron chi connectivity index (χ2n) is 6.32. The van der Waals surface area contributed by atoms with Crippen molar-refractivity contribution in [2.24, 2.45) is 5.16 Å². The first kappa shape index (κ1) is 21.7. The monoisotopic (exact) mass is 402 g/mol. The molecule has 0 radical (unpaired) electrons. The van der Waals surface area contributed by atoms with E-state index in [1.165, 1.54) is 0 Å². The van der Waals surface area contributed by atoms with Crippen LogP contribution in [0.25, 0.3) is 10.9 Å². The third kappa shape index (κ3) is 7.96. The zero-order valence-electron chi connectivity index (χ0n) is 16.0. The maximum Gasteiger partial charge on any atom is 0.265 e. The molecule has 28 heavy (non-hydrogen) atoms. The maximum atomic E-state index is 11.4. The fourth-order valence-electron chi connectivity index (χ4n) is 2.72. The summed E-state index contributed by atoms with van der Waals surface area (Å²) in [6, 6.07) is 7.75. The minimum absolute atomic E-state index is 0.237. The second-order valence-corrected chi connectivity index (χ2v) is 6.76. The molecule has 0 fully saturated rings. The minimum Gasteiger partial charge on any atom is -0.391 e. The first-order valence-corrected chi connectivity index (χ1v) is 9.90. The minimum atomic E-state index is -0.237. The molecule has 1 heterocycles. The smallest absolute Gasteiger partial charge is 0.265 e. The van der Waals surface area contributed by atoms with Crippen molar-refractivity contribution >= 4 is 40.3 Å². The van der Waals surface area contributed by atoms with Gasteiger partial charge >= 0.3 is 0 Å². The summed E-state index contributed by atoms with van der Waals surface area (Å²) >= 11 is 6.02. The van der Waals surface area contributed by atoms with Crippen LogP contribution in [0.4, 0.5) is 5.69 Å². The lowest BCUT2D eigenvalue weighted by Crippen LogP contribution is -2.25. The number of amides is 1. The van der Waals surface area contributed by atoms with Gasteiger partial charge in [-0.05, 0) is 37.1 Å². The molecule has 2 N–H and O–H groups in total. The second kappa shape index (κ2) is 12.7. The molecule has 0 spiro atoms. The number of pyridine rings is 1. The highest BCUT2D eigenvalue weighted by molar-refractivity contribution is 6.31. The molecular formula is C21H27ClN4O2. The largest absolute Gasteiger partial charge is 0.391 e. The van der Waals surface area contributed by atoms with E-state index in [-0.39, 0.29) is 5.91 Å². The molecule has 0 saturated carbocycles. The van der Waals surface area contributed by atoms with Gasteiger partial charge in [-0.15, -0.1) is 0 Å². The van der Waals surface area contributed by atoms with Crippen LogP contribution in [0.5, 0.6) is 0 Å². The standard InChI is InChI=1S/C21H27ClN4O2/c1-2-14-28-26-16-21(27)25-12-7-5-3-4-6-11-23-19-10-13-24-20-15-17(22)8-9-18(19)20/h2,8-10,13,15-16H,1,3-7,11-12,14H2,(H,23,24)(H,25,27)/b26-16+. The van der Waals surface area contributed by atoms with Gasteiger partial charge in [-0.2, -0.15) is 0 Å². The topological polar surface area (TPSA) is 75.6 Å². The Balaban J connectivity index is 1.53. The lowest BCUT2D eigenvalue weighted by molar-refractivity contribution is -0.114. The highest BCUT2D eigenvalue weighted by Gasteiger charge is 2.02. The predicted octanol–water partition coefficient (Wildman–Crippen LogP) is 4.56. The summed E-state index contributed by atoms with van der Waals surface area (Å²) in [6.07, 6.45) is 9.93. The Morgan fingerprint density at radius 1 is 1.18 bits per heavy atom. The number of halogens is 1. The Morgan fingerprint density at radius 3 is 2.79 bits per heavy atom. The van der Waals surface area contributed by atoms with Crippen molar-refractivity contribution in [3.63, 3.8) is 0 Å². The van der Waals surface area contributed by atoms with Crippen molar-refractivity contribution in [1.29, 1.82) is 0 Å². The van der Waals surface area contributed by atoms with Gasteiger partial charge in [0.25, 0.3) is 5.91 Å². The van der Waals surface area contributed by atoms with Crippen LogP contribution in [-0.2, 0) is 9.63 Å². The van der Waals surface area contributed by atoms with Crippen LogP contribution in [0.2, 0.25) is 5.02 Å². The third-order valence-electron chi connectivity index (χ3n) is 4.11. The lowest BCUT2D eigenvalue weighted by Gasteiger charge is -2.09. The van der Waals surface area contributed by atoms with Crippen LogP contribution >= 0.6 is 11.6 Å². The number of nitrogens with one attached hydrogen (secondary N) is 2. The van der Waals surface area contributed by atoms with Gasteiger partial charge in [-0.25, -0.2) is 0 Å². The first-order chi connectivity index (χ1) is 13.7. The van der Waals surface area contributed by atoms with E-state index in [1.54, 1.807) is 12.3 Å². The lowest BCUT2D eigenvalue weighted by atomic mass is 10.1. The van der Waals surface area contributed by atoms with Gasteiger partial charge < -0.3 is 15.5 Å². The van der Waals surface area contributed by atoms with E-state index in [9.17, 15) is 4.79 Å². The van der Waals surface area contributed by atoms with E-state index in [4.69, 9.17) is 16.4 Å². The summed E-state index contributed by atoms with van der Waals surface area (Å²) in [5, 5.41) is 11.6. The Hall–Kier alpha value is -2.60. The normalized spacial score (nSPS) is 10.9. The molecule has 6 nitrogen and oxygen atoms in total. The Bertz CT molecular complexity index is 795. The number of hydrogen-bond acceptors (Lipinski definition) is 5. The van der Waals surface area contributed by atoms with Gasteiger partial charge in [0.05, 0.1) is 5.52 Å². The van der Waals surface area contributed by atoms with E-state index in [1.807, 2.05) is 24.3 Å². The third-order valence-corrected chi connectivity index (χ3v) is 4.34. The fourth-order valence-corrected chi connectivity index (χ4v) is 2.88. The highest BCUT2D eigenvalue weighted by atomic mass is 35.5. The first-order valence-electron chi connectivity index (χ1n) is 9.53. The summed E-state index contributed by atoms with van der Waals surface area (Å²) in [6.45, 7) is 5.36. The van der Waals surface area contributed by atoms with Crippen LogP contribution < -0.4 is 10.6 Å². The molecule has 1 aromatic heterocycles. The van der Waals surface area contributed by atoms with E-state index in [0.717, 1.165) is 61.5 Å². The number of carbonyl (C=O) groups is 1. The molecule has 0 bridgehead atoms. The van der Waals surface area contributed by atoms with Crippen molar-refractivity contribution in [3.8, 4) is 0 Å². The average molecular weight is 403 g/mol. The van der Waals surface area contributed by atoms with E-state index in [0.29, 0.717) is 18.2 Å². The van der Waals surface area contributed by atoms with E-state index >= 15 is 0 Å². The number of benzene rings is 1. The number of anilines is 1. The zero-order valence-corrected chi connectivity index (χ0v) is 16.8. The molecular weight excluding hydrogens is 376 g/mol. The maximum absolute atomic E-state index is 11.4. The zero-order chi connectivity index (χ0) is 20.0.